The molecule has 3 amide bonds. The SMILES string of the molecule is O=C(CSc1ncnc2sccc12)NC(=O)N[C@H]1CCS(=O)(=O)C1. The summed E-state index contributed by atoms with van der Waals surface area (Å²) in [6, 6.07) is 0.766. The first-order valence-corrected chi connectivity index (χ1v) is 10.7. The number of thiophene rings is 1. The molecule has 3 heterocycles. The van der Waals surface area contributed by atoms with Gasteiger partial charge in [-0.2, -0.15) is 0 Å². The Kier molecular flexibility index (Phi) is 5.01. The highest BCUT2D eigenvalue weighted by molar-refractivity contribution is 8.00. The molecule has 11 heteroatoms. The third kappa shape index (κ3) is 4.22. The van der Waals surface area contributed by atoms with Gasteiger partial charge in [-0.05, 0) is 17.9 Å². The van der Waals surface area contributed by atoms with Gasteiger partial charge in [-0.3, -0.25) is 10.1 Å². The molecule has 2 aromatic heterocycles. The number of carbonyl (C=O) groups is 2. The molecule has 0 radical (unpaired) electrons. The van der Waals surface area contributed by atoms with Crippen molar-refractivity contribution in [3.63, 3.8) is 0 Å². The van der Waals surface area contributed by atoms with Gasteiger partial charge in [-0.25, -0.2) is 23.2 Å². The number of urea groups is 1. The number of imide groups is 1. The highest BCUT2D eigenvalue weighted by Gasteiger charge is 2.29. The van der Waals surface area contributed by atoms with Crippen LogP contribution < -0.4 is 10.6 Å². The van der Waals surface area contributed by atoms with Crippen LogP contribution in [0.1, 0.15) is 6.42 Å². The average Bonchev–Trinajstić information content (AvgIpc) is 3.11. The second kappa shape index (κ2) is 7.03. The van der Waals surface area contributed by atoms with E-state index in [-0.39, 0.29) is 17.3 Å². The fourth-order valence-electron chi connectivity index (χ4n) is 2.31. The van der Waals surface area contributed by atoms with Crippen LogP contribution in [-0.2, 0) is 14.6 Å². The minimum absolute atomic E-state index is 0.0261. The van der Waals surface area contributed by atoms with Crippen LogP contribution in [0.15, 0.2) is 22.8 Å². The topological polar surface area (TPSA) is 118 Å². The molecule has 0 aromatic carbocycles. The number of nitrogens with zero attached hydrogens (tertiary/aromatic N) is 2. The van der Waals surface area contributed by atoms with Gasteiger partial charge < -0.3 is 5.32 Å². The molecule has 24 heavy (non-hydrogen) atoms. The van der Waals surface area contributed by atoms with Crippen molar-refractivity contribution in [1.29, 1.82) is 0 Å². The third-order valence-electron chi connectivity index (χ3n) is 3.39. The van der Waals surface area contributed by atoms with Crippen LogP contribution in [0.4, 0.5) is 4.79 Å². The molecule has 1 fully saturated rings. The molecule has 0 bridgehead atoms. The summed E-state index contributed by atoms with van der Waals surface area (Å²) >= 11 is 2.70. The summed E-state index contributed by atoms with van der Waals surface area (Å²) in [5.41, 5.74) is 0. The van der Waals surface area contributed by atoms with Crippen molar-refractivity contribution < 1.29 is 18.0 Å². The van der Waals surface area contributed by atoms with Crippen LogP contribution in [0.25, 0.3) is 10.2 Å². The minimum atomic E-state index is -3.08. The largest absolute Gasteiger partial charge is 0.334 e. The summed E-state index contributed by atoms with van der Waals surface area (Å²) in [7, 11) is -3.08. The first-order chi connectivity index (χ1) is 11.4. The van der Waals surface area contributed by atoms with Crippen molar-refractivity contribution in [2.45, 2.75) is 17.5 Å². The van der Waals surface area contributed by atoms with Crippen molar-refractivity contribution in [1.82, 2.24) is 20.6 Å². The van der Waals surface area contributed by atoms with Gasteiger partial charge in [0.15, 0.2) is 9.84 Å². The number of thioether (sulfide) groups is 1. The molecular weight excluding hydrogens is 372 g/mol. The average molecular weight is 386 g/mol. The highest BCUT2D eigenvalue weighted by atomic mass is 32.2. The lowest BCUT2D eigenvalue weighted by Gasteiger charge is -2.11. The molecule has 2 aromatic rings. The number of amides is 3. The van der Waals surface area contributed by atoms with E-state index in [2.05, 4.69) is 20.6 Å². The number of hydrogen-bond acceptors (Lipinski definition) is 8. The van der Waals surface area contributed by atoms with E-state index in [4.69, 9.17) is 0 Å². The number of hydrogen-bond donors (Lipinski definition) is 2. The molecule has 8 nitrogen and oxygen atoms in total. The Bertz CT molecular complexity index is 880. The molecule has 128 valence electrons. The van der Waals surface area contributed by atoms with E-state index in [9.17, 15) is 18.0 Å². The van der Waals surface area contributed by atoms with E-state index in [1.54, 1.807) is 0 Å². The first-order valence-electron chi connectivity index (χ1n) is 7.05. The zero-order valence-electron chi connectivity index (χ0n) is 12.4. The maximum Gasteiger partial charge on any atom is 0.321 e. The summed E-state index contributed by atoms with van der Waals surface area (Å²) in [5.74, 6) is -0.467. The van der Waals surface area contributed by atoms with Crippen molar-refractivity contribution in [3.8, 4) is 0 Å². The van der Waals surface area contributed by atoms with Crippen LogP contribution in [-0.4, -0.2) is 53.6 Å². The fourth-order valence-corrected chi connectivity index (χ4v) is 5.56. The van der Waals surface area contributed by atoms with Crippen molar-refractivity contribution in [3.05, 3.63) is 17.8 Å². The zero-order chi connectivity index (χ0) is 17.2. The Balaban J connectivity index is 1.49. The summed E-state index contributed by atoms with van der Waals surface area (Å²) < 4.78 is 22.7. The van der Waals surface area contributed by atoms with Crippen LogP contribution in [0.2, 0.25) is 0 Å². The molecular formula is C13H14N4O4S3. The summed E-state index contributed by atoms with van der Waals surface area (Å²) in [4.78, 5) is 32.7. The predicted octanol–water partition coefficient (Wildman–Crippen LogP) is 0.796. The molecule has 1 aliphatic rings. The van der Waals surface area contributed by atoms with E-state index in [0.29, 0.717) is 11.4 Å². The second-order valence-electron chi connectivity index (χ2n) is 5.23. The lowest BCUT2D eigenvalue weighted by atomic mass is 10.3. The summed E-state index contributed by atoms with van der Waals surface area (Å²) in [6.07, 6.45) is 1.81. The maximum absolute atomic E-state index is 11.9. The molecule has 1 atom stereocenters. The van der Waals surface area contributed by atoms with Crippen molar-refractivity contribution in [2.75, 3.05) is 17.3 Å². The van der Waals surface area contributed by atoms with Crippen molar-refractivity contribution in [2.24, 2.45) is 0 Å². The molecule has 3 rings (SSSR count). The Morgan fingerprint density at radius 3 is 2.96 bits per heavy atom. The standard InChI is InChI=1S/C13H14N4O4S3/c18-10(17-13(19)16-8-2-4-24(20,21)6-8)5-23-12-9-1-3-22-11(9)14-7-15-12/h1,3,7-8H,2,4-6H2,(H2,16,17,18,19)/t8-/m0/s1. The number of aromatic nitrogens is 2. The van der Waals surface area contributed by atoms with Crippen LogP contribution in [0.3, 0.4) is 0 Å². The summed E-state index contributed by atoms with van der Waals surface area (Å²) in [5, 5.41) is 8.16. The third-order valence-corrected chi connectivity index (χ3v) is 6.98. The lowest BCUT2D eigenvalue weighted by Crippen LogP contribution is -2.45. The van der Waals surface area contributed by atoms with Gasteiger partial charge in [0.1, 0.15) is 16.2 Å². The first kappa shape index (κ1) is 17.1. The predicted molar refractivity (Wildman–Crippen MR) is 91.9 cm³/mol. The maximum atomic E-state index is 11.9. The molecule has 0 saturated carbocycles. The minimum Gasteiger partial charge on any atom is -0.334 e. The van der Waals surface area contributed by atoms with Crippen LogP contribution >= 0.6 is 23.1 Å². The monoisotopic (exact) mass is 386 g/mol. The molecule has 1 saturated heterocycles. The number of fused-ring (bicyclic) bond motifs is 1. The summed E-state index contributed by atoms with van der Waals surface area (Å²) in [6.45, 7) is 0. The van der Waals surface area contributed by atoms with Gasteiger partial charge in [0, 0.05) is 11.4 Å². The smallest absolute Gasteiger partial charge is 0.321 e. The van der Waals surface area contributed by atoms with Gasteiger partial charge in [-0.1, -0.05) is 11.8 Å². The second-order valence-corrected chi connectivity index (χ2v) is 9.32. The van der Waals surface area contributed by atoms with E-state index in [1.807, 2.05) is 11.4 Å². The molecule has 2 N–H and O–H groups in total. The van der Waals surface area contributed by atoms with Gasteiger partial charge in [0.25, 0.3) is 0 Å². The van der Waals surface area contributed by atoms with Gasteiger partial charge >= 0.3 is 6.03 Å². The fraction of sp³-hybridized carbons (Fsp3) is 0.385. The van der Waals surface area contributed by atoms with Gasteiger partial charge in [-0.15, -0.1) is 11.3 Å². The van der Waals surface area contributed by atoms with Crippen molar-refractivity contribution >= 4 is 55.1 Å². The molecule has 1 aliphatic heterocycles. The quantitative estimate of drug-likeness (QED) is 0.589. The Morgan fingerprint density at radius 2 is 2.21 bits per heavy atom. The number of rotatable bonds is 4. The van der Waals surface area contributed by atoms with E-state index >= 15 is 0 Å². The number of carbonyl (C=O) groups excluding carboxylic acids is 2. The Morgan fingerprint density at radius 1 is 1.38 bits per heavy atom. The Labute approximate surface area is 146 Å². The normalized spacial score (nSPS) is 19.2. The zero-order valence-corrected chi connectivity index (χ0v) is 14.8. The van der Waals surface area contributed by atoms with E-state index in [1.165, 1.54) is 29.4 Å². The van der Waals surface area contributed by atoms with E-state index in [0.717, 1.165) is 10.2 Å². The molecule has 0 spiro atoms. The van der Waals surface area contributed by atoms with Crippen LogP contribution in [0.5, 0.6) is 0 Å². The molecule has 0 aliphatic carbocycles. The van der Waals surface area contributed by atoms with Gasteiger partial charge in [0.2, 0.25) is 5.91 Å². The van der Waals surface area contributed by atoms with Crippen LogP contribution in [0, 0.1) is 0 Å². The highest BCUT2D eigenvalue weighted by Crippen LogP contribution is 2.27. The Hall–Kier alpha value is -1.72. The van der Waals surface area contributed by atoms with Gasteiger partial charge in [0.05, 0.1) is 17.3 Å². The molecule has 0 unspecified atom stereocenters. The van der Waals surface area contributed by atoms with E-state index < -0.39 is 27.8 Å². The lowest BCUT2D eigenvalue weighted by molar-refractivity contribution is -0.117. The number of sulfone groups is 1. The number of nitrogens with one attached hydrogen (secondary N) is 2.